The Morgan fingerprint density at radius 3 is 2.22 bits per heavy atom. The van der Waals surface area contributed by atoms with Gasteiger partial charge < -0.3 is 9.14 Å². The monoisotopic (exact) mass is 434 g/mol. The van der Waals surface area contributed by atoms with E-state index >= 15 is 0 Å². The van der Waals surface area contributed by atoms with Crippen LogP contribution in [0.2, 0.25) is 5.02 Å². The van der Waals surface area contributed by atoms with Crippen LogP contribution in [-0.2, 0) is 6.61 Å². The molecule has 0 aliphatic rings. The van der Waals surface area contributed by atoms with Crippen LogP contribution in [-0.4, -0.2) is 4.40 Å². The van der Waals surface area contributed by atoms with Crippen molar-refractivity contribution in [2.75, 3.05) is 0 Å². The summed E-state index contributed by atoms with van der Waals surface area (Å²) in [5, 5.41) is 10.2. The number of halogens is 1. The molecule has 2 aromatic heterocycles. The summed E-state index contributed by atoms with van der Waals surface area (Å²) in [4.78, 5) is 0. The smallest absolute Gasteiger partial charge is 0.153 e. The van der Waals surface area contributed by atoms with E-state index in [0.29, 0.717) is 17.2 Å². The molecule has 0 saturated heterocycles. The summed E-state index contributed by atoms with van der Waals surface area (Å²) in [6.07, 6.45) is 1.94. The summed E-state index contributed by atoms with van der Waals surface area (Å²) in [7, 11) is 0. The number of ether oxygens (including phenoxy) is 1. The van der Waals surface area contributed by atoms with Crippen molar-refractivity contribution in [3.63, 3.8) is 0 Å². The Kier molecular flexibility index (Phi) is 5.37. The van der Waals surface area contributed by atoms with E-state index < -0.39 is 0 Å². The minimum absolute atomic E-state index is 0.366. The number of rotatable bonds is 5. The molecule has 0 atom stereocenters. The van der Waals surface area contributed by atoms with Gasteiger partial charge in [-0.1, -0.05) is 84.4 Å². The van der Waals surface area contributed by atoms with Gasteiger partial charge in [-0.2, -0.15) is 5.26 Å². The van der Waals surface area contributed by atoms with Crippen LogP contribution in [0.15, 0.2) is 103 Å². The highest BCUT2D eigenvalue weighted by Gasteiger charge is 2.22. The zero-order chi connectivity index (χ0) is 21.9. The maximum atomic E-state index is 9.52. The van der Waals surface area contributed by atoms with Gasteiger partial charge in [0.05, 0.1) is 28.4 Å². The highest BCUT2D eigenvalue weighted by atomic mass is 35.5. The van der Waals surface area contributed by atoms with Gasteiger partial charge in [-0.15, -0.1) is 0 Å². The molecule has 154 valence electrons. The quantitative estimate of drug-likeness (QED) is 0.289. The molecule has 32 heavy (non-hydrogen) atoms. The standard InChI is InChI=1S/C28H19ClN2O/c29-24-13-7-8-21(16-24)19-32-28-25-17-20(18-30)14-15-31(25)27(23-11-5-2-6-12-23)26(28)22-9-3-1-4-10-22/h1-17H,19H2. The Morgan fingerprint density at radius 2 is 1.53 bits per heavy atom. The second kappa shape index (κ2) is 8.63. The molecule has 5 rings (SSSR count). The first-order chi connectivity index (χ1) is 15.7. The lowest BCUT2D eigenvalue weighted by molar-refractivity contribution is 0.311. The summed E-state index contributed by atoms with van der Waals surface area (Å²) >= 11 is 6.18. The summed E-state index contributed by atoms with van der Waals surface area (Å²) in [6.45, 7) is 0.366. The fourth-order valence-electron chi connectivity index (χ4n) is 3.98. The van der Waals surface area contributed by atoms with Crippen LogP contribution in [0.3, 0.4) is 0 Å². The molecular formula is C28H19ClN2O. The molecule has 0 fully saturated rings. The molecule has 0 unspecified atom stereocenters. The predicted octanol–water partition coefficient (Wildman–Crippen LogP) is 7.38. The Labute approximate surface area is 191 Å². The van der Waals surface area contributed by atoms with Crippen LogP contribution in [0, 0.1) is 11.3 Å². The average Bonchev–Trinajstić information content (AvgIpc) is 3.17. The van der Waals surface area contributed by atoms with E-state index in [1.807, 2.05) is 79.0 Å². The highest BCUT2D eigenvalue weighted by molar-refractivity contribution is 6.30. The third-order valence-electron chi connectivity index (χ3n) is 5.40. The molecule has 3 nitrogen and oxygen atoms in total. The number of fused-ring (bicyclic) bond motifs is 1. The SMILES string of the molecule is N#Cc1ccn2c(-c3ccccc3)c(-c3ccccc3)c(OCc3cccc(Cl)c3)c2c1. The average molecular weight is 435 g/mol. The molecule has 0 bridgehead atoms. The van der Waals surface area contributed by atoms with Crippen LogP contribution in [0.5, 0.6) is 5.75 Å². The Balaban J connectivity index is 1.77. The van der Waals surface area contributed by atoms with E-state index in [-0.39, 0.29) is 0 Å². The normalized spacial score (nSPS) is 10.8. The van der Waals surface area contributed by atoms with Crippen molar-refractivity contribution in [3.05, 3.63) is 119 Å². The molecule has 0 saturated carbocycles. The Bertz CT molecular complexity index is 1430. The number of benzene rings is 3. The zero-order valence-corrected chi connectivity index (χ0v) is 18.0. The fraction of sp³-hybridized carbons (Fsp3) is 0.0357. The first-order valence-electron chi connectivity index (χ1n) is 10.3. The van der Waals surface area contributed by atoms with Crippen LogP contribution in [0.1, 0.15) is 11.1 Å². The molecule has 3 aromatic carbocycles. The molecule has 0 radical (unpaired) electrons. The molecule has 0 aliphatic heterocycles. The minimum atomic E-state index is 0.366. The topological polar surface area (TPSA) is 37.4 Å². The van der Waals surface area contributed by atoms with E-state index in [0.717, 1.165) is 39.2 Å². The van der Waals surface area contributed by atoms with Crippen molar-refractivity contribution in [1.29, 1.82) is 5.26 Å². The maximum Gasteiger partial charge on any atom is 0.153 e. The molecule has 0 aliphatic carbocycles. The zero-order valence-electron chi connectivity index (χ0n) is 17.2. The fourth-order valence-corrected chi connectivity index (χ4v) is 4.19. The lowest BCUT2D eigenvalue weighted by Gasteiger charge is -2.11. The number of nitriles is 1. The van der Waals surface area contributed by atoms with Crippen molar-refractivity contribution in [3.8, 4) is 34.2 Å². The van der Waals surface area contributed by atoms with Gasteiger partial charge in [0.25, 0.3) is 0 Å². The highest BCUT2D eigenvalue weighted by Crippen LogP contribution is 2.44. The second-order valence-electron chi connectivity index (χ2n) is 7.49. The number of aromatic nitrogens is 1. The third kappa shape index (κ3) is 3.73. The Morgan fingerprint density at radius 1 is 0.812 bits per heavy atom. The van der Waals surface area contributed by atoms with E-state index in [4.69, 9.17) is 16.3 Å². The van der Waals surface area contributed by atoms with E-state index in [2.05, 4.69) is 34.7 Å². The van der Waals surface area contributed by atoms with Crippen molar-refractivity contribution in [1.82, 2.24) is 4.40 Å². The number of hydrogen-bond acceptors (Lipinski definition) is 2. The van der Waals surface area contributed by atoms with E-state index in [1.54, 1.807) is 0 Å². The molecule has 2 heterocycles. The molecule has 4 heteroatoms. The molecule has 5 aromatic rings. The van der Waals surface area contributed by atoms with Gasteiger partial charge in [0.2, 0.25) is 0 Å². The van der Waals surface area contributed by atoms with Crippen molar-refractivity contribution < 1.29 is 4.74 Å². The largest absolute Gasteiger partial charge is 0.486 e. The number of hydrogen-bond donors (Lipinski definition) is 0. The first-order valence-corrected chi connectivity index (χ1v) is 10.7. The van der Waals surface area contributed by atoms with E-state index in [9.17, 15) is 5.26 Å². The van der Waals surface area contributed by atoms with Gasteiger partial charge in [-0.05, 0) is 41.0 Å². The van der Waals surface area contributed by atoms with Gasteiger partial charge in [0.15, 0.2) is 5.75 Å². The van der Waals surface area contributed by atoms with Gasteiger partial charge in [-0.25, -0.2) is 0 Å². The Hall–Kier alpha value is -4.00. The van der Waals surface area contributed by atoms with Crippen LogP contribution < -0.4 is 4.74 Å². The maximum absolute atomic E-state index is 9.52. The van der Waals surface area contributed by atoms with Crippen LogP contribution in [0.4, 0.5) is 0 Å². The van der Waals surface area contributed by atoms with Crippen molar-refractivity contribution >= 4 is 17.1 Å². The second-order valence-corrected chi connectivity index (χ2v) is 7.92. The molecule has 0 spiro atoms. The first kappa shape index (κ1) is 19.9. The van der Waals surface area contributed by atoms with Crippen LogP contribution in [0.25, 0.3) is 27.9 Å². The lowest BCUT2D eigenvalue weighted by atomic mass is 10.0. The number of nitrogens with zero attached hydrogens (tertiary/aromatic N) is 2. The van der Waals surface area contributed by atoms with Crippen molar-refractivity contribution in [2.45, 2.75) is 6.61 Å². The summed E-state index contributed by atoms with van der Waals surface area (Å²) in [5.74, 6) is 0.743. The van der Waals surface area contributed by atoms with Crippen LogP contribution >= 0.6 is 11.6 Å². The molecule has 0 N–H and O–H groups in total. The predicted molar refractivity (Wildman–Crippen MR) is 129 cm³/mol. The molecular weight excluding hydrogens is 416 g/mol. The van der Waals surface area contributed by atoms with Crippen molar-refractivity contribution in [2.24, 2.45) is 0 Å². The number of pyridine rings is 1. The third-order valence-corrected chi connectivity index (χ3v) is 5.64. The lowest BCUT2D eigenvalue weighted by Crippen LogP contribution is -1.96. The van der Waals surface area contributed by atoms with Gasteiger partial charge in [0, 0.05) is 11.2 Å². The van der Waals surface area contributed by atoms with Gasteiger partial charge in [-0.3, -0.25) is 0 Å². The van der Waals surface area contributed by atoms with Gasteiger partial charge in [0.1, 0.15) is 6.61 Å². The summed E-state index contributed by atoms with van der Waals surface area (Å²) in [6, 6.07) is 34.1. The van der Waals surface area contributed by atoms with E-state index in [1.165, 1.54) is 0 Å². The summed E-state index contributed by atoms with van der Waals surface area (Å²) < 4.78 is 8.56. The van der Waals surface area contributed by atoms with Gasteiger partial charge >= 0.3 is 0 Å². The molecule has 0 amide bonds. The summed E-state index contributed by atoms with van der Waals surface area (Å²) in [5.41, 5.74) is 6.56. The minimum Gasteiger partial charge on any atom is -0.486 e.